The largest absolute Gasteiger partial charge is 0.504 e. The molecule has 0 aromatic heterocycles. The molecule has 1 rings (SSSR count). The lowest BCUT2D eigenvalue weighted by molar-refractivity contribution is 0.368. The highest BCUT2D eigenvalue weighted by atomic mass is 79.9. The highest BCUT2D eigenvalue weighted by molar-refractivity contribution is 9.10. The van der Waals surface area contributed by atoms with E-state index in [1.54, 1.807) is 13.2 Å². The van der Waals surface area contributed by atoms with Gasteiger partial charge < -0.3 is 15.6 Å². The molecular weight excluding hydrogens is 246 g/mol. The molecule has 0 atom stereocenters. The number of ether oxygens (including phenoxy) is 1. The molecule has 1 aromatic carbocycles. The molecule has 0 radical (unpaired) electrons. The van der Waals surface area contributed by atoms with Crippen LogP contribution in [0.1, 0.15) is 11.1 Å². The standard InChI is InChI=1S/C10H14BrNO2/c1-6-7(3-4-12)10(14-2)9(13)5-8(6)11/h5,13H,3-4,12H2,1-2H3. The third kappa shape index (κ3) is 2.01. The molecule has 0 saturated carbocycles. The molecule has 4 heteroatoms. The number of phenols is 1. The van der Waals surface area contributed by atoms with Crippen LogP contribution < -0.4 is 10.5 Å². The fourth-order valence-corrected chi connectivity index (χ4v) is 1.89. The molecule has 0 fully saturated rings. The lowest BCUT2D eigenvalue weighted by Gasteiger charge is -2.13. The second kappa shape index (κ2) is 4.66. The Morgan fingerprint density at radius 1 is 1.57 bits per heavy atom. The summed E-state index contributed by atoms with van der Waals surface area (Å²) in [5.74, 6) is 0.671. The van der Waals surface area contributed by atoms with E-state index in [1.807, 2.05) is 6.92 Å². The molecule has 3 nitrogen and oxygen atoms in total. The van der Waals surface area contributed by atoms with Crippen LogP contribution in [0.4, 0.5) is 0 Å². The molecule has 0 bridgehead atoms. The molecule has 0 saturated heterocycles. The molecule has 78 valence electrons. The number of aromatic hydroxyl groups is 1. The highest BCUT2D eigenvalue weighted by Crippen LogP contribution is 2.37. The zero-order valence-electron chi connectivity index (χ0n) is 8.30. The third-order valence-electron chi connectivity index (χ3n) is 2.18. The predicted molar refractivity (Wildman–Crippen MR) is 59.9 cm³/mol. The number of halogens is 1. The van der Waals surface area contributed by atoms with Crippen molar-refractivity contribution in [3.8, 4) is 11.5 Å². The summed E-state index contributed by atoms with van der Waals surface area (Å²) >= 11 is 3.37. The van der Waals surface area contributed by atoms with E-state index in [-0.39, 0.29) is 5.75 Å². The topological polar surface area (TPSA) is 55.5 Å². The van der Waals surface area contributed by atoms with Gasteiger partial charge in [0.25, 0.3) is 0 Å². The van der Waals surface area contributed by atoms with Crippen molar-refractivity contribution in [2.75, 3.05) is 13.7 Å². The summed E-state index contributed by atoms with van der Waals surface area (Å²) in [6, 6.07) is 1.63. The van der Waals surface area contributed by atoms with Crippen molar-refractivity contribution < 1.29 is 9.84 Å². The minimum Gasteiger partial charge on any atom is -0.504 e. The Morgan fingerprint density at radius 2 is 2.21 bits per heavy atom. The summed E-state index contributed by atoms with van der Waals surface area (Å²) in [6.07, 6.45) is 0.696. The van der Waals surface area contributed by atoms with Crippen LogP contribution in [0.3, 0.4) is 0 Å². The van der Waals surface area contributed by atoms with Crippen molar-refractivity contribution in [1.82, 2.24) is 0 Å². The molecule has 0 unspecified atom stereocenters. The molecule has 0 aliphatic rings. The van der Waals surface area contributed by atoms with Gasteiger partial charge in [-0.25, -0.2) is 0 Å². The number of hydrogen-bond acceptors (Lipinski definition) is 3. The third-order valence-corrected chi connectivity index (χ3v) is 3.00. The first-order valence-corrected chi connectivity index (χ1v) is 5.16. The Kier molecular flexibility index (Phi) is 3.77. The SMILES string of the molecule is COc1c(O)cc(Br)c(C)c1CCN. The van der Waals surface area contributed by atoms with E-state index >= 15 is 0 Å². The summed E-state index contributed by atoms with van der Waals surface area (Å²) in [4.78, 5) is 0. The van der Waals surface area contributed by atoms with Gasteiger partial charge in [-0.1, -0.05) is 15.9 Å². The van der Waals surface area contributed by atoms with Gasteiger partial charge in [-0.15, -0.1) is 0 Å². The van der Waals surface area contributed by atoms with Crippen molar-refractivity contribution >= 4 is 15.9 Å². The van der Waals surface area contributed by atoms with E-state index in [2.05, 4.69) is 15.9 Å². The molecule has 0 amide bonds. The Balaban J connectivity index is 3.32. The van der Waals surface area contributed by atoms with Crippen LogP contribution in [0.15, 0.2) is 10.5 Å². The molecule has 3 N–H and O–H groups in total. The van der Waals surface area contributed by atoms with Crippen molar-refractivity contribution in [2.24, 2.45) is 5.73 Å². The van der Waals surface area contributed by atoms with Crippen LogP contribution >= 0.6 is 15.9 Å². The number of methoxy groups -OCH3 is 1. The predicted octanol–water partition coefficient (Wildman–Crippen LogP) is 1.97. The first kappa shape index (κ1) is 11.3. The van der Waals surface area contributed by atoms with Crippen molar-refractivity contribution in [3.05, 3.63) is 21.7 Å². The second-order valence-electron chi connectivity index (χ2n) is 3.05. The fourth-order valence-electron chi connectivity index (χ4n) is 1.44. The van der Waals surface area contributed by atoms with E-state index in [1.165, 1.54) is 0 Å². The first-order valence-electron chi connectivity index (χ1n) is 4.36. The van der Waals surface area contributed by atoms with Gasteiger partial charge in [0.1, 0.15) is 0 Å². The first-order chi connectivity index (χ1) is 6.61. The lowest BCUT2D eigenvalue weighted by atomic mass is 10.0. The van der Waals surface area contributed by atoms with Gasteiger partial charge in [-0.3, -0.25) is 0 Å². The molecule has 0 aliphatic carbocycles. The summed E-state index contributed by atoms with van der Waals surface area (Å²) in [6.45, 7) is 2.50. The minimum absolute atomic E-state index is 0.147. The molecular formula is C10H14BrNO2. The normalized spacial score (nSPS) is 10.3. The molecule has 0 spiro atoms. The van der Waals surface area contributed by atoms with Crippen LogP contribution in [0, 0.1) is 6.92 Å². The molecule has 14 heavy (non-hydrogen) atoms. The Hall–Kier alpha value is -0.740. The summed E-state index contributed by atoms with van der Waals surface area (Å²) < 4.78 is 6.01. The van der Waals surface area contributed by atoms with Gasteiger partial charge >= 0.3 is 0 Å². The molecule has 0 aliphatic heterocycles. The summed E-state index contributed by atoms with van der Waals surface area (Å²) in [5.41, 5.74) is 7.52. The second-order valence-corrected chi connectivity index (χ2v) is 3.91. The number of phenolic OH excluding ortho intramolecular Hbond substituents is 1. The van der Waals surface area contributed by atoms with Crippen LogP contribution in [-0.4, -0.2) is 18.8 Å². The maximum atomic E-state index is 9.63. The van der Waals surface area contributed by atoms with Gasteiger partial charge in [0.05, 0.1) is 7.11 Å². The Labute approximate surface area is 92.0 Å². The lowest BCUT2D eigenvalue weighted by Crippen LogP contribution is -2.06. The van der Waals surface area contributed by atoms with Gasteiger partial charge in [0, 0.05) is 10.0 Å². The fraction of sp³-hybridized carbons (Fsp3) is 0.400. The van der Waals surface area contributed by atoms with Crippen LogP contribution in [0.25, 0.3) is 0 Å². The van der Waals surface area contributed by atoms with E-state index in [0.717, 1.165) is 15.6 Å². The van der Waals surface area contributed by atoms with Gasteiger partial charge in [0.15, 0.2) is 11.5 Å². The summed E-state index contributed by atoms with van der Waals surface area (Å²) in [7, 11) is 1.54. The van der Waals surface area contributed by atoms with Crippen LogP contribution in [-0.2, 0) is 6.42 Å². The average molecular weight is 260 g/mol. The van der Waals surface area contributed by atoms with E-state index < -0.39 is 0 Å². The molecule has 0 heterocycles. The van der Waals surface area contributed by atoms with Crippen LogP contribution in [0.5, 0.6) is 11.5 Å². The van der Waals surface area contributed by atoms with Gasteiger partial charge in [-0.05, 0) is 31.5 Å². The van der Waals surface area contributed by atoms with E-state index in [0.29, 0.717) is 18.7 Å². The number of nitrogens with two attached hydrogens (primary N) is 1. The quantitative estimate of drug-likeness (QED) is 0.873. The van der Waals surface area contributed by atoms with Crippen molar-refractivity contribution in [3.63, 3.8) is 0 Å². The number of rotatable bonds is 3. The van der Waals surface area contributed by atoms with Gasteiger partial charge in [-0.2, -0.15) is 0 Å². The zero-order valence-corrected chi connectivity index (χ0v) is 9.89. The van der Waals surface area contributed by atoms with Crippen molar-refractivity contribution in [1.29, 1.82) is 0 Å². The van der Waals surface area contributed by atoms with E-state index in [4.69, 9.17) is 10.5 Å². The van der Waals surface area contributed by atoms with E-state index in [9.17, 15) is 5.11 Å². The average Bonchev–Trinajstić information content (AvgIpc) is 2.14. The number of hydrogen-bond donors (Lipinski definition) is 2. The maximum Gasteiger partial charge on any atom is 0.164 e. The smallest absolute Gasteiger partial charge is 0.164 e. The molecule has 1 aromatic rings. The maximum absolute atomic E-state index is 9.63. The zero-order chi connectivity index (χ0) is 10.7. The summed E-state index contributed by atoms with van der Waals surface area (Å²) in [5, 5.41) is 9.63. The Bertz CT molecular complexity index is 339. The van der Waals surface area contributed by atoms with Crippen LogP contribution in [0.2, 0.25) is 0 Å². The Morgan fingerprint density at radius 3 is 2.71 bits per heavy atom. The monoisotopic (exact) mass is 259 g/mol. The number of benzene rings is 1. The van der Waals surface area contributed by atoms with Crippen molar-refractivity contribution in [2.45, 2.75) is 13.3 Å². The highest BCUT2D eigenvalue weighted by Gasteiger charge is 2.13. The minimum atomic E-state index is 0.147. The van der Waals surface area contributed by atoms with Gasteiger partial charge in [0.2, 0.25) is 0 Å².